The van der Waals surface area contributed by atoms with Crippen LogP contribution in [0.25, 0.3) is 22.1 Å². The highest BCUT2D eigenvalue weighted by molar-refractivity contribution is 5.98. The van der Waals surface area contributed by atoms with Crippen LogP contribution >= 0.6 is 0 Å². The number of hydrogen-bond acceptors (Lipinski definition) is 4. The minimum atomic E-state index is -0.135. The third kappa shape index (κ3) is 3.47. The quantitative estimate of drug-likeness (QED) is 0.552. The summed E-state index contributed by atoms with van der Waals surface area (Å²) >= 11 is 0. The molecule has 4 aromatic rings. The summed E-state index contributed by atoms with van der Waals surface area (Å²) in [4.78, 5) is 12.5. The van der Waals surface area contributed by atoms with E-state index < -0.39 is 0 Å². The van der Waals surface area contributed by atoms with Crippen LogP contribution in [0.2, 0.25) is 0 Å². The lowest BCUT2D eigenvalue weighted by molar-refractivity contribution is 0.0950. The summed E-state index contributed by atoms with van der Waals surface area (Å²) in [6.45, 7) is 2.37. The summed E-state index contributed by atoms with van der Waals surface area (Å²) < 4.78 is 11.2. The van der Waals surface area contributed by atoms with E-state index in [9.17, 15) is 4.79 Å². The van der Waals surface area contributed by atoms with Crippen LogP contribution in [-0.2, 0) is 13.0 Å². The Morgan fingerprint density at radius 1 is 1.07 bits per heavy atom. The van der Waals surface area contributed by atoms with Crippen molar-refractivity contribution in [2.75, 3.05) is 0 Å². The molecule has 0 bridgehead atoms. The first-order valence-corrected chi connectivity index (χ1v) is 9.68. The molecular weight excluding hydrogens is 364 g/mol. The van der Waals surface area contributed by atoms with Crippen molar-refractivity contribution < 1.29 is 14.1 Å². The number of carbonyl (C=O) groups is 1. The maximum absolute atomic E-state index is 12.5. The molecule has 0 saturated heterocycles. The maximum atomic E-state index is 12.5. The maximum Gasteiger partial charge on any atom is 0.251 e. The van der Waals surface area contributed by atoms with Gasteiger partial charge in [-0.2, -0.15) is 0 Å². The zero-order chi connectivity index (χ0) is 19.8. The van der Waals surface area contributed by atoms with Gasteiger partial charge >= 0.3 is 0 Å². The fraction of sp³-hybridized carbons (Fsp3) is 0.167. The average Bonchev–Trinajstić information content (AvgIpc) is 3.36. The van der Waals surface area contributed by atoms with Crippen LogP contribution in [0.15, 0.2) is 71.3 Å². The van der Waals surface area contributed by atoms with Gasteiger partial charge in [0.25, 0.3) is 5.91 Å². The van der Waals surface area contributed by atoms with E-state index in [1.54, 1.807) is 0 Å². The molecule has 5 heteroatoms. The fourth-order valence-corrected chi connectivity index (χ4v) is 3.71. The topological polar surface area (TPSA) is 64.4 Å². The van der Waals surface area contributed by atoms with Crippen LogP contribution in [0.4, 0.5) is 0 Å². The van der Waals surface area contributed by atoms with Crippen molar-refractivity contribution in [3.63, 3.8) is 0 Å². The lowest BCUT2D eigenvalue weighted by Crippen LogP contribution is -2.22. The molecular formula is C24H20N2O3. The van der Waals surface area contributed by atoms with Crippen molar-refractivity contribution in [2.45, 2.75) is 26.0 Å². The second-order valence-electron chi connectivity index (χ2n) is 7.38. The summed E-state index contributed by atoms with van der Waals surface area (Å²) in [7, 11) is 0. The van der Waals surface area contributed by atoms with Crippen molar-refractivity contribution in [1.82, 2.24) is 10.5 Å². The predicted octanol–water partition coefficient (Wildman–Crippen LogP) is 4.75. The molecule has 0 spiro atoms. The summed E-state index contributed by atoms with van der Waals surface area (Å²) in [5, 5.41) is 9.16. The zero-order valence-corrected chi connectivity index (χ0v) is 16.0. The Bertz CT molecular complexity index is 1210. The van der Waals surface area contributed by atoms with Gasteiger partial charge in [0.15, 0.2) is 5.76 Å². The smallest absolute Gasteiger partial charge is 0.251 e. The van der Waals surface area contributed by atoms with Gasteiger partial charge in [0, 0.05) is 23.6 Å². The van der Waals surface area contributed by atoms with Gasteiger partial charge in [0.1, 0.15) is 17.5 Å². The monoisotopic (exact) mass is 384 g/mol. The standard InChI is InChI=1S/C24H20N2O3/c1-15-10-20-12-18(8-9-22(20)28-15)23-13-21(26-29-23)14-25-24(27)19-7-6-16-4-2-3-5-17(16)11-19/h2-9,11-13,15H,10,14H2,1H3,(H,25,27). The van der Waals surface area contributed by atoms with Crippen LogP contribution < -0.4 is 10.1 Å². The molecule has 1 unspecified atom stereocenters. The summed E-state index contributed by atoms with van der Waals surface area (Å²) in [6.07, 6.45) is 1.10. The minimum absolute atomic E-state index is 0.135. The molecule has 1 aliphatic rings. The largest absolute Gasteiger partial charge is 0.490 e. The normalized spacial score (nSPS) is 15.1. The second-order valence-corrected chi connectivity index (χ2v) is 7.38. The van der Waals surface area contributed by atoms with Crippen molar-refractivity contribution in [3.05, 3.63) is 83.6 Å². The molecule has 5 rings (SSSR count). The summed E-state index contributed by atoms with van der Waals surface area (Å²) in [6, 6.07) is 21.5. The number of nitrogens with zero attached hydrogens (tertiary/aromatic N) is 1. The van der Waals surface area contributed by atoms with Crippen molar-refractivity contribution in [1.29, 1.82) is 0 Å². The molecule has 144 valence electrons. The SMILES string of the molecule is CC1Cc2cc(-c3cc(CNC(=O)c4ccc5ccccc5c4)no3)ccc2O1. The Morgan fingerprint density at radius 3 is 2.83 bits per heavy atom. The fourth-order valence-electron chi connectivity index (χ4n) is 3.71. The highest BCUT2D eigenvalue weighted by Gasteiger charge is 2.20. The molecule has 1 N–H and O–H groups in total. The number of ether oxygens (including phenoxy) is 1. The van der Waals surface area contributed by atoms with Crippen molar-refractivity contribution in [2.24, 2.45) is 0 Å². The first-order chi connectivity index (χ1) is 14.2. The minimum Gasteiger partial charge on any atom is -0.490 e. The van der Waals surface area contributed by atoms with E-state index in [0.29, 0.717) is 23.6 Å². The summed E-state index contributed by atoms with van der Waals surface area (Å²) in [5.74, 6) is 1.48. The number of amides is 1. The molecule has 1 aromatic heterocycles. The van der Waals surface area contributed by atoms with Gasteiger partial charge in [-0.25, -0.2) is 0 Å². The van der Waals surface area contributed by atoms with Gasteiger partial charge in [0.05, 0.1) is 6.54 Å². The van der Waals surface area contributed by atoms with Crippen LogP contribution in [-0.4, -0.2) is 17.2 Å². The highest BCUT2D eigenvalue weighted by Crippen LogP contribution is 2.33. The number of hydrogen-bond donors (Lipinski definition) is 1. The van der Waals surface area contributed by atoms with E-state index in [-0.39, 0.29) is 12.0 Å². The van der Waals surface area contributed by atoms with E-state index in [2.05, 4.69) is 23.5 Å². The Balaban J connectivity index is 1.28. The third-order valence-corrected chi connectivity index (χ3v) is 5.18. The molecule has 0 saturated carbocycles. The first kappa shape index (κ1) is 17.5. The molecule has 5 nitrogen and oxygen atoms in total. The molecule has 1 aliphatic heterocycles. The van der Waals surface area contributed by atoms with Crippen LogP contribution in [0.1, 0.15) is 28.5 Å². The Kier molecular flexibility index (Phi) is 4.28. The van der Waals surface area contributed by atoms with E-state index >= 15 is 0 Å². The molecule has 3 aromatic carbocycles. The molecule has 2 heterocycles. The van der Waals surface area contributed by atoms with Crippen molar-refractivity contribution in [3.8, 4) is 17.1 Å². The Labute approximate surface area is 168 Å². The lowest BCUT2D eigenvalue weighted by atomic mass is 10.1. The van der Waals surface area contributed by atoms with E-state index in [1.165, 1.54) is 5.56 Å². The van der Waals surface area contributed by atoms with Gasteiger partial charge in [-0.05, 0) is 53.6 Å². The molecule has 0 radical (unpaired) electrons. The van der Waals surface area contributed by atoms with Crippen molar-refractivity contribution >= 4 is 16.7 Å². The molecule has 0 fully saturated rings. The van der Waals surface area contributed by atoms with E-state index in [4.69, 9.17) is 9.26 Å². The lowest BCUT2D eigenvalue weighted by Gasteiger charge is -2.04. The zero-order valence-electron chi connectivity index (χ0n) is 16.0. The van der Waals surface area contributed by atoms with Gasteiger partial charge in [-0.15, -0.1) is 0 Å². The summed E-state index contributed by atoms with van der Waals surface area (Å²) in [5.41, 5.74) is 3.44. The van der Waals surface area contributed by atoms with Gasteiger partial charge in [0.2, 0.25) is 0 Å². The molecule has 29 heavy (non-hydrogen) atoms. The van der Waals surface area contributed by atoms with Gasteiger partial charge in [-0.3, -0.25) is 4.79 Å². The second kappa shape index (κ2) is 7.09. The molecule has 0 aliphatic carbocycles. The van der Waals surface area contributed by atoms with Gasteiger partial charge in [-0.1, -0.05) is 35.5 Å². The number of benzene rings is 3. The number of carbonyl (C=O) groups excluding carboxylic acids is 1. The van der Waals surface area contributed by atoms with E-state index in [1.807, 2.05) is 60.7 Å². The van der Waals surface area contributed by atoms with Crippen LogP contribution in [0.5, 0.6) is 5.75 Å². The molecule has 1 atom stereocenters. The van der Waals surface area contributed by atoms with E-state index in [0.717, 1.165) is 28.5 Å². The molecule has 1 amide bonds. The third-order valence-electron chi connectivity index (χ3n) is 5.18. The Hall–Kier alpha value is -3.60. The number of nitrogens with one attached hydrogen (secondary N) is 1. The predicted molar refractivity (Wildman–Crippen MR) is 111 cm³/mol. The first-order valence-electron chi connectivity index (χ1n) is 9.68. The number of aromatic nitrogens is 1. The van der Waals surface area contributed by atoms with Crippen LogP contribution in [0.3, 0.4) is 0 Å². The highest BCUT2D eigenvalue weighted by atomic mass is 16.5. The van der Waals surface area contributed by atoms with Gasteiger partial charge < -0.3 is 14.6 Å². The Morgan fingerprint density at radius 2 is 1.93 bits per heavy atom. The van der Waals surface area contributed by atoms with Crippen LogP contribution in [0, 0.1) is 0 Å². The number of fused-ring (bicyclic) bond motifs is 2. The number of rotatable bonds is 4. The average molecular weight is 384 g/mol.